The third-order valence-corrected chi connectivity index (χ3v) is 4.46. The van der Waals surface area contributed by atoms with Crippen LogP contribution in [0.1, 0.15) is 22.3 Å². The summed E-state index contributed by atoms with van der Waals surface area (Å²) in [5.74, 6) is -0.332. The van der Waals surface area contributed by atoms with E-state index >= 15 is 0 Å². The lowest BCUT2D eigenvalue weighted by molar-refractivity contribution is -0.124. The number of phenols is 1. The number of phenolic OH excluding ortho intramolecular Hbond substituents is 1. The fraction of sp³-hybridized carbons (Fsp3) is 0.263. The molecule has 0 radical (unpaired) electrons. The molecule has 25 heavy (non-hydrogen) atoms. The second-order valence-electron chi connectivity index (χ2n) is 5.46. The molecule has 6 heteroatoms. The van der Waals surface area contributed by atoms with E-state index in [1.807, 2.05) is 30.3 Å². The van der Waals surface area contributed by atoms with Crippen LogP contribution in [0.5, 0.6) is 5.75 Å². The monoisotopic (exact) mass is 359 g/mol. The Morgan fingerprint density at radius 3 is 2.64 bits per heavy atom. The third-order valence-electron chi connectivity index (χ3n) is 3.36. The van der Waals surface area contributed by atoms with E-state index in [-0.39, 0.29) is 23.8 Å². The minimum atomic E-state index is -0.715. The first-order chi connectivity index (χ1) is 12.1. The first kappa shape index (κ1) is 18.9. The lowest BCUT2D eigenvalue weighted by atomic mass is 10.1. The number of aryl methyl sites for hydroxylation is 1. The molecule has 0 bridgehead atoms. The van der Waals surface area contributed by atoms with Crippen molar-refractivity contribution in [2.75, 3.05) is 18.9 Å². The van der Waals surface area contributed by atoms with Gasteiger partial charge in [-0.1, -0.05) is 24.3 Å². The highest BCUT2D eigenvalue weighted by Gasteiger charge is 2.14. The van der Waals surface area contributed by atoms with Crippen LogP contribution < -0.4 is 5.32 Å². The van der Waals surface area contributed by atoms with Gasteiger partial charge in [-0.3, -0.25) is 4.79 Å². The van der Waals surface area contributed by atoms with E-state index in [1.54, 1.807) is 24.8 Å². The number of aromatic hydroxyl groups is 1. The zero-order chi connectivity index (χ0) is 18.1. The number of rotatable bonds is 8. The van der Waals surface area contributed by atoms with Crippen molar-refractivity contribution in [3.63, 3.8) is 0 Å². The summed E-state index contributed by atoms with van der Waals surface area (Å²) in [6.07, 6.45) is 0.817. The molecule has 0 saturated heterocycles. The van der Waals surface area contributed by atoms with Crippen molar-refractivity contribution in [2.24, 2.45) is 0 Å². The molecule has 0 spiro atoms. The molecule has 132 valence electrons. The Morgan fingerprint density at radius 2 is 1.92 bits per heavy atom. The number of esters is 1. The van der Waals surface area contributed by atoms with E-state index in [1.165, 1.54) is 17.0 Å². The number of thioether (sulfide) groups is 1. The summed E-state index contributed by atoms with van der Waals surface area (Å²) in [5.41, 5.74) is 0.887. The van der Waals surface area contributed by atoms with Crippen molar-refractivity contribution in [2.45, 2.75) is 18.2 Å². The van der Waals surface area contributed by atoms with Crippen LogP contribution in [0.3, 0.4) is 0 Å². The van der Waals surface area contributed by atoms with E-state index in [0.717, 1.165) is 17.7 Å². The van der Waals surface area contributed by atoms with Crippen molar-refractivity contribution in [1.29, 1.82) is 0 Å². The highest BCUT2D eigenvalue weighted by Crippen LogP contribution is 2.19. The predicted octanol–water partition coefficient (Wildman–Crippen LogP) is 3.16. The predicted molar refractivity (Wildman–Crippen MR) is 97.9 cm³/mol. The summed E-state index contributed by atoms with van der Waals surface area (Å²) in [4.78, 5) is 24.7. The number of amides is 1. The van der Waals surface area contributed by atoms with Crippen LogP contribution in [0.15, 0.2) is 53.4 Å². The average Bonchev–Trinajstić information content (AvgIpc) is 2.60. The summed E-state index contributed by atoms with van der Waals surface area (Å²) < 4.78 is 4.92. The van der Waals surface area contributed by atoms with Crippen LogP contribution in [-0.2, 0) is 9.53 Å². The number of ether oxygens (including phenoxy) is 1. The highest BCUT2D eigenvalue weighted by atomic mass is 32.2. The van der Waals surface area contributed by atoms with Gasteiger partial charge in [-0.2, -0.15) is 0 Å². The number of carbonyl (C=O) groups is 2. The summed E-state index contributed by atoms with van der Waals surface area (Å²) >= 11 is 1.73. The van der Waals surface area contributed by atoms with Gasteiger partial charge in [-0.15, -0.1) is 11.8 Å². The van der Waals surface area contributed by atoms with E-state index < -0.39 is 5.97 Å². The number of hydrogen-bond donors (Lipinski definition) is 2. The maximum absolute atomic E-state index is 11.8. The van der Waals surface area contributed by atoms with Crippen LogP contribution >= 0.6 is 11.8 Å². The molecule has 0 saturated carbocycles. The Kier molecular flexibility index (Phi) is 7.35. The van der Waals surface area contributed by atoms with Gasteiger partial charge in [0.15, 0.2) is 6.61 Å². The lowest BCUT2D eigenvalue weighted by Crippen LogP contribution is -2.29. The molecule has 0 aliphatic rings. The van der Waals surface area contributed by atoms with Gasteiger partial charge in [-0.05, 0) is 48.9 Å². The molecule has 0 aromatic heterocycles. The SMILES string of the molecule is Cc1ccc(C(=O)OCC(=O)NCCCSc2ccccc2)c(O)c1. The van der Waals surface area contributed by atoms with Gasteiger partial charge >= 0.3 is 5.97 Å². The molecule has 0 unspecified atom stereocenters. The summed E-state index contributed by atoms with van der Waals surface area (Å²) in [5, 5.41) is 12.4. The largest absolute Gasteiger partial charge is 0.507 e. The first-order valence-electron chi connectivity index (χ1n) is 7.97. The summed E-state index contributed by atoms with van der Waals surface area (Å²) in [6, 6.07) is 14.7. The van der Waals surface area contributed by atoms with E-state index in [2.05, 4.69) is 5.32 Å². The Balaban J connectivity index is 1.62. The molecule has 0 fully saturated rings. The van der Waals surface area contributed by atoms with Crippen molar-refractivity contribution in [3.8, 4) is 5.75 Å². The van der Waals surface area contributed by atoms with Gasteiger partial charge < -0.3 is 15.2 Å². The fourth-order valence-electron chi connectivity index (χ4n) is 2.08. The maximum atomic E-state index is 11.8. The number of carbonyl (C=O) groups excluding carboxylic acids is 2. The zero-order valence-corrected chi connectivity index (χ0v) is 14.8. The molecular formula is C19H21NO4S. The highest BCUT2D eigenvalue weighted by molar-refractivity contribution is 7.99. The average molecular weight is 359 g/mol. The van der Waals surface area contributed by atoms with Gasteiger partial charge in [0.2, 0.25) is 0 Å². The molecule has 2 aromatic carbocycles. The van der Waals surface area contributed by atoms with Crippen molar-refractivity contribution in [1.82, 2.24) is 5.32 Å². The molecule has 0 atom stereocenters. The number of nitrogens with one attached hydrogen (secondary N) is 1. The standard InChI is InChI=1S/C19H21NO4S/c1-14-8-9-16(17(21)12-14)19(23)24-13-18(22)20-10-5-11-25-15-6-3-2-4-7-15/h2-4,6-9,12,21H,5,10-11,13H2,1H3,(H,20,22). The molecule has 2 aromatic rings. The number of benzene rings is 2. The molecule has 0 aliphatic heterocycles. The van der Waals surface area contributed by atoms with Gasteiger partial charge in [0.05, 0.1) is 0 Å². The van der Waals surface area contributed by atoms with E-state index in [9.17, 15) is 14.7 Å². The molecule has 0 heterocycles. The van der Waals surface area contributed by atoms with Crippen LogP contribution in [0.2, 0.25) is 0 Å². The molecule has 2 rings (SSSR count). The minimum absolute atomic E-state index is 0.0534. The molecular weight excluding hydrogens is 338 g/mol. The van der Waals surface area contributed by atoms with Crippen molar-refractivity contribution < 1.29 is 19.4 Å². The molecule has 2 N–H and O–H groups in total. The minimum Gasteiger partial charge on any atom is -0.507 e. The topological polar surface area (TPSA) is 75.6 Å². The Morgan fingerprint density at radius 1 is 1.16 bits per heavy atom. The van der Waals surface area contributed by atoms with Gasteiger partial charge in [-0.25, -0.2) is 4.79 Å². The zero-order valence-electron chi connectivity index (χ0n) is 14.0. The van der Waals surface area contributed by atoms with Gasteiger partial charge in [0, 0.05) is 11.4 Å². The van der Waals surface area contributed by atoms with E-state index in [4.69, 9.17) is 4.74 Å². The summed E-state index contributed by atoms with van der Waals surface area (Å²) in [6.45, 7) is 1.96. The fourth-order valence-corrected chi connectivity index (χ4v) is 2.95. The molecule has 1 amide bonds. The smallest absolute Gasteiger partial charge is 0.342 e. The van der Waals surface area contributed by atoms with Crippen molar-refractivity contribution >= 4 is 23.6 Å². The number of hydrogen-bond acceptors (Lipinski definition) is 5. The van der Waals surface area contributed by atoms with Crippen LogP contribution in [0.4, 0.5) is 0 Å². The lowest BCUT2D eigenvalue weighted by Gasteiger charge is -2.08. The maximum Gasteiger partial charge on any atom is 0.342 e. The van der Waals surface area contributed by atoms with Crippen LogP contribution in [0.25, 0.3) is 0 Å². The van der Waals surface area contributed by atoms with Crippen LogP contribution in [-0.4, -0.2) is 35.9 Å². The quantitative estimate of drug-likeness (QED) is 0.430. The summed E-state index contributed by atoms with van der Waals surface area (Å²) in [7, 11) is 0. The Labute approximate surface area is 151 Å². The third kappa shape index (κ3) is 6.51. The van der Waals surface area contributed by atoms with Crippen LogP contribution in [0, 0.1) is 6.92 Å². The Hall–Kier alpha value is -2.47. The molecule has 5 nitrogen and oxygen atoms in total. The normalized spacial score (nSPS) is 10.3. The molecule has 0 aliphatic carbocycles. The first-order valence-corrected chi connectivity index (χ1v) is 8.96. The van der Waals surface area contributed by atoms with Gasteiger partial charge in [0.1, 0.15) is 11.3 Å². The van der Waals surface area contributed by atoms with E-state index in [0.29, 0.717) is 6.54 Å². The van der Waals surface area contributed by atoms with Gasteiger partial charge in [0.25, 0.3) is 5.91 Å². The second-order valence-corrected chi connectivity index (χ2v) is 6.63. The Bertz CT molecular complexity index is 719. The second kappa shape index (κ2) is 9.74. The van der Waals surface area contributed by atoms with Crippen molar-refractivity contribution in [3.05, 3.63) is 59.7 Å².